The van der Waals surface area contributed by atoms with Gasteiger partial charge >= 0.3 is 0 Å². The van der Waals surface area contributed by atoms with Gasteiger partial charge in [0.05, 0.1) is 37.9 Å². The molecule has 0 saturated heterocycles. The van der Waals surface area contributed by atoms with Gasteiger partial charge in [0.15, 0.2) is 11.5 Å². The molecule has 0 amide bonds. The van der Waals surface area contributed by atoms with Crippen LogP contribution < -0.4 is 19.8 Å². The lowest BCUT2D eigenvalue weighted by molar-refractivity contribution is 0.354. The van der Waals surface area contributed by atoms with Crippen LogP contribution in [0.25, 0.3) is 27.9 Å². The van der Waals surface area contributed by atoms with Gasteiger partial charge in [0.25, 0.3) is 11.3 Å². The van der Waals surface area contributed by atoms with Crippen LogP contribution in [0.1, 0.15) is 5.56 Å². The minimum absolute atomic E-state index is 0.152. The van der Waals surface area contributed by atoms with Crippen molar-refractivity contribution < 1.29 is 14.2 Å². The Morgan fingerprint density at radius 1 is 0.941 bits per heavy atom. The van der Waals surface area contributed by atoms with Crippen molar-refractivity contribution in [3.63, 3.8) is 0 Å². The van der Waals surface area contributed by atoms with Gasteiger partial charge in [0, 0.05) is 18.3 Å². The van der Waals surface area contributed by atoms with Crippen molar-refractivity contribution in [1.82, 2.24) is 24.1 Å². The van der Waals surface area contributed by atoms with Crippen LogP contribution in [0.4, 0.5) is 0 Å². The van der Waals surface area contributed by atoms with Crippen LogP contribution in [0.5, 0.6) is 17.2 Å². The number of ether oxygens (including phenoxy) is 3. The second-order valence-electron chi connectivity index (χ2n) is 7.68. The minimum atomic E-state index is -0.152. The number of nitrogens with zero attached hydrogens (tertiary/aromatic N) is 5. The Kier molecular flexibility index (Phi) is 5.59. The summed E-state index contributed by atoms with van der Waals surface area (Å²) in [5, 5.41) is 4.80. The second-order valence-corrected chi connectivity index (χ2v) is 7.68. The third-order valence-electron chi connectivity index (χ3n) is 5.77. The molecular formula is C25H23N5O4. The molecule has 0 aliphatic heterocycles. The first-order valence-electron chi connectivity index (χ1n) is 10.7. The number of pyridine rings is 1. The molecule has 0 N–H and O–H groups in total. The lowest BCUT2D eigenvalue weighted by atomic mass is 10.1. The lowest BCUT2D eigenvalue weighted by Gasteiger charge is -2.13. The molecule has 0 radical (unpaired) electrons. The highest BCUT2D eigenvalue weighted by Crippen LogP contribution is 2.29. The molecular weight excluding hydrogens is 434 g/mol. The standard InChI is InChI=1S/C25H23N5O4/c1-32-18-6-4-5-17(14-18)23-22-19(28-25-26-15-27-30(23)25)10-12-29(24(22)31)11-9-16-7-8-20(33-2)21(13-16)34-3/h4-8,10,12-15H,9,11H2,1-3H3. The number of benzene rings is 2. The maximum atomic E-state index is 13.7. The SMILES string of the molecule is COc1cccc(-c2c3c(=O)n(CCc4ccc(OC)c(OC)c4)ccc3nc3ncnn23)c1. The molecule has 5 rings (SSSR count). The van der Waals surface area contributed by atoms with Gasteiger partial charge in [0.1, 0.15) is 12.1 Å². The van der Waals surface area contributed by atoms with Gasteiger partial charge in [-0.25, -0.2) is 4.98 Å². The molecule has 3 aromatic heterocycles. The molecule has 2 aromatic carbocycles. The van der Waals surface area contributed by atoms with Crippen molar-refractivity contribution in [3.8, 4) is 28.5 Å². The zero-order valence-corrected chi connectivity index (χ0v) is 19.1. The molecule has 0 unspecified atom stereocenters. The van der Waals surface area contributed by atoms with E-state index >= 15 is 0 Å². The fourth-order valence-electron chi connectivity index (χ4n) is 4.06. The molecule has 9 nitrogen and oxygen atoms in total. The largest absolute Gasteiger partial charge is 0.497 e. The third-order valence-corrected chi connectivity index (χ3v) is 5.77. The van der Waals surface area contributed by atoms with E-state index in [0.29, 0.717) is 52.6 Å². The van der Waals surface area contributed by atoms with Gasteiger partial charge in [-0.1, -0.05) is 18.2 Å². The molecule has 9 heteroatoms. The first-order chi connectivity index (χ1) is 16.6. The molecule has 5 aromatic rings. The predicted molar refractivity (Wildman–Crippen MR) is 128 cm³/mol. The average Bonchev–Trinajstić information content (AvgIpc) is 3.35. The summed E-state index contributed by atoms with van der Waals surface area (Å²) in [4.78, 5) is 22.5. The molecule has 0 aliphatic rings. The maximum Gasteiger partial charge on any atom is 0.262 e. The summed E-state index contributed by atoms with van der Waals surface area (Å²) in [6.07, 6.45) is 3.83. The number of aryl methyl sites for hydroxylation is 2. The third kappa shape index (κ3) is 3.71. The topological polar surface area (TPSA) is 92.8 Å². The number of fused-ring (bicyclic) bond motifs is 2. The van der Waals surface area contributed by atoms with E-state index < -0.39 is 0 Å². The van der Waals surface area contributed by atoms with Crippen molar-refractivity contribution in [2.45, 2.75) is 13.0 Å². The maximum absolute atomic E-state index is 13.7. The second kappa shape index (κ2) is 8.86. The quantitative estimate of drug-likeness (QED) is 0.370. The summed E-state index contributed by atoms with van der Waals surface area (Å²) in [6.45, 7) is 0.483. The number of rotatable bonds is 7. The monoisotopic (exact) mass is 457 g/mol. The van der Waals surface area contributed by atoms with Gasteiger partial charge in [-0.05, 0) is 42.3 Å². The smallest absolute Gasteiger partial charge is 0.262 e. The van der Waals surface area contributed by atoms with E-state index in [2.05, 4.69) is 15.1 Å². The Hall–Kier alpha value is -4.40. The summed E-state index contributed by atoms with van der Waals surface area (Å²) in [5.41, 5.74) is 2.85. The molecule has 0 spiro atoms. The van der Waals surface area contributed by atoms with Gasteiger partial charge in [-0.2, -0.15) is 14.6 Å². The summed E-state index contributed by atoms with van der Waals surface area (Å²) < 4.78 is 19.4. The summed E-state index contributed by atoms with van der Waals surface area (Å²) >= 11 is 0. The number of hydrogen-bond acceptors (Lipinski definition) is 7. The van der Waals surface area contributed by atoms with E-state index in [0.717, 1.165) is 11.1 Å². The van der Waals surface area contributed by atoms with E-state index in [-0.39, 0.29) is 5.56 Å². The highest BCUT2D eigenvalue weighted by Gasteiger charge is 2.17. The van der Waals surface area contributed by atoms with E-state index in [1.54, 1.807) is 36.6 Å². The predicted octanol–water partition coefficient (Wildman–Crippen LogP) is 3.37. The van der Waals surface area contributed by atoms with Gasteiger partial charge < -0.3 is 18.8 Å². The molecule has 34 heavy (non-hydrogen) atoms. The highest BCUT2D eigenvalue weighted by atomic mass is 16.5. The van der Waals surface area contributed by atoms with Gasteiger partial charge in [0.2, 0.25) is 0 Å². The molecule has 0 saturated carbocycles. The van der Waals surface area contributed by atoms with E-state index in [9.17, 15) is 4.79 Å². The fourth-order valence-corrected chi connectivity index (χ4v) is 4.06. The van der Waals surface area contributed by atoms with Crippen molar-refractivity contribution in [3.05, 3.63) is 77.0 Å². The Morgan fingerprint density at radius 3 is 2.59 bits per heavy atom. The zero-order chi connectivity index (χ0) is 23.7. The van der Waals surface area contributed by atoms with Gasteiger partial charge in [-0.3, -0.25) is 4.79 Å². The fraction of sp³-hybridized carbons (Fsp3) is 0.200. The van der Waals surface area contributed by atoms with Crippen LogP contribution >= 0.6 is 0 Å². The number of aromatic nitrogens is 5. The normalized spacial score (nSPS) is 11.1. The van der Waals surface area contributed by atoms with Crippen molar-refractivity contribution in [1.29, 1.82) is 0 Å². The first kappa shape index (κ1) is 21.4. The van der Waals surface area contributed by atoms with Crippen LogP contribution in [0.2, 0.25) is 0 Å². The summed E-state index contributed by atoms with van der Waals surface area (Å²) in [7, 11) is 4.82. The summed E-state index contributed by atoms with van der Waals surface area (Å²) in [5.74, 6) is 2.43. The van der Waals surface area contributed by atoms with Crippen LogP contribution in [-0.2, 0) is 13.0 Å². The molecule has 0 fully saturated rings. The number of methoxy groups -OCH3 is 3. The number of hydrogen-bond donors (Lipinski definition) is 0. The van der Waals surface area contributed by atoms with E-state index in [4.69, 9.17) is 14.2 Å². The van der Waals surface area contributed by atoms with Crippen LogP contribution in [0.3, 0.4) is 0 Å². The van der Waals surface area contributed by atoms with Crippen molar-refractivity contribution in [2.75, 3.05) is 21.3 Å². The molecule has 0 bridgehead atoms. The molecule has 0 atom stereocenters. The van der Waals surface area contributed by atoms with Crippen molar-refractivity contribution >= 4 is 16.7 Å². The Labute approximate surface area is 195 Å². The van der Waals surface area contributed by atoms with E-state index in [1.165, 1.54) is 6.33 Å². The summed E-state index contributed by atoms with van der Waals surface area (Å²) in [6, 6.07) is 15.1. The van der Waals surface area contributed by atoms with Crippen LogP contribution in [0.15, 0.2) is 65.8 Å². The molecule has 172 valence electrons. The average molecular weight is 457 g/mol. The molecule has 0 aliphatic carbocycles. The van der Waals surface area contributed by atoms with Crippen LogP contribution in [-0.4, -0.2) is 45.5 Å². The lowest BCUT2D eigenvalue weighted by Crippen LogP contribution is -2.22. The van der Waals surface area contributed by atoms with Gasteiger partial charge in [-0.15, -0.1) is 0 Å². The molecule has 3 heterocycles. The highest BCUT2D eigenvalue weighted by molar-refractivity contribution is 5.93. The van der Waals surface area contributed by atoms with Crippen molar-refractivity contribution in [2.24, 2.45) is 0 Å². The Bertz CT molecular complexity index is 1560. The zero-order valence-electron chi connectivity index (χ0n) is 19.1. The van der Waals surface area contributed by atoms with Crippen LogP contribution in [0, 0.1) is 0 Å². The Morgan fingerprint density at radius 2 is 1.79 bits per heavy atom. The first-order valence-corrected chi connectivity index (χ1v) is 10.7. The Balaban J connectivity index is 1.61. The van der Waals surface area contributed by atoms with E-state index in [1.807, 2.05) is 48.5 Å². The minimum Gasteiger partial charge on any atom is -0.497 e.